The van der Waals surface area contributed by atoms with Crippen molar-refractivity contribution in [3.8, 4) is 11.5 Å². The first-order valence-electron chi connectivity index (χ1n) is 13.4. The SMILES string of the molecule is CCCCCC/C=C\CCCCCCCCCC(=O)NCc1ccc(OC(=O)CC)c(OC)c1. The Bertz CT molecular complexity index is 714. The summed E-state index contributed by atoms with van der Waals surface area (Å²) in [5.41, 5.74) is 0.910. The standard InChI is InChI=1S/C29H47NO4/c1-4-6-7-8-9-10-11-12-13-14-15-16-17-18-19-20-28(31)30-24-25-21-22-26(27(23-25)33-3)34-29(32)5-2/h10-11,21-23H,4-9,12-20,24H2,1-3H3,(H,30,31)/b11-10-. The number of carbonyl (C=O) groups is 2. The van der Waals surface area contributed by atoms with Crippen molar-refractivity contribution < 1.29 is 19.1 Å². The minimum absolute atomic E-state index is 0.0712. The van der Waals surface area contributed by atoms with Crippen molar-refractivity contribution in [3.63, 3.8) is 0 Å². The average molecular weight is 474 g/mol. The van der Waals surface area contributed by atoms with Gasteiger partial charge in [0, 0.05) is 19.4 Å². The van der Waals surface area contributed by atoms with Gasteiger partial charge >= 0.3 is 5.97 Å². The molecule has 5 heteroatoms. The second-order valence-corrected chi connectivity index (χ2v) is 8.92. The molecular formula is C29H47NO4. The Labute approximate surface area is 207 Å². The quantitative estimate of drug-likeness (QED) is 0.0913. The van der Waals surface area contributed by atoms with Gasteiger partial charge in [0.05, 0.1) is 7.11 Å². The number of esters is 1. The molecule has 192 valence electrons. The summed E-state index contributed by atoms with van der Waals surface area (Å²) in [4.78, 5) is 23.6. The molecule has 0 spiro atoms. The minimum atomic E-state index is -0.306. The first-order valence-corrected chi connectivity index (χ1v) is 13.4. The summed E-state index contributed by atoms with van der Waals surface area (Å²) in [6, 6.07) is 5.34. The Morgan fingerprint density at radius 1 is 0.824 bits per heavy atom. The molecule has 0 aliphatic rings. The zero-order valence-corrected chi connectivity index (χ0v) is 21.8. The Kier molecular flexibility index (Phi) is 17.6. The highest BCUT2D eigenvalue weighted by Crippen LogP contribution is 2.28. The molecule has 0 atom stereocenters. The highest BCUT2D eigenvalue weighted by Gasteiger charge is 2.10. The summed E-state index contributed by atoms with van der Waals surface area (Å²) >= 11 is 0. The van der Waals surface area contributed by atoms with Gasteiger partial charge in [-0.25, -0.2) is 0 Å². The van der Waals surface area contributed by atoms with E-state index in [-0.39, 0.29) is 11.9 Å². The number of hydrogen-bond acceptors (Lipinski definition) is 4. The molecule has 0 fully saturated rings. The second kappa shape index (κ2) is 20.1. The number of nitrogens with one attached hydrogen (secondary N) is 1. The van der Waals surface area contributed by atoms with Crippen LogP contribution in [0.15, 0.2) is 30.4 Å². The summed E-state index contributed by atoms with van der Waals surface area (Å²) in [5.74, 6) is 0.660. The molecule has 1 N–H and O–H groups in total. The second-order valence-electron chi connectivity index (χ2n) is 8.92. The number of benzene rings is 1. The number of amides is 1. The highest BCUT2D eigenvalue weighted by atomic mass is 16.6. The molecule has 0 saturated carbocycles. The molecule has 0 saturated heterocycles. The van der Waals surface area contributed by atoms with Crippen LogP contribution in [0, 0.1) is 0 Å². The van der Waals surface area contributed by atoms with Gasteiger partial charge in [0.2, 0.25) is 5.91 Å². The highest BCUT2D eigenvalue weighted by molar-refractivity contribution is 5.76. The van der Waals surface area contributed by atoms with Gasteiger partial charge in [0.15, 0.2) is 11.5 Å². The lowest BCUT2D eigenvalue weighted by atomic mass is 10.1. The van der Waals surface area contributed by atoms with Crippen molar-refractivity contribution >= 4 is 11.9 Å². The van der Waals surface area contributed by atoms with Crippen LogP contribution in [0.3, 0.4) is 0 Å². The average Bonchev–Trinajstić information content (AvgIpc) is 2.85. The van der Waals surface area contributed by atoms with Gasteiger partial charge in [-0.3, -0.25) is 9.59 Å². The van der Waals surface area contributed by atoms with Crippen LogP contribution in [0.25, 0.3) is 0 Å². The zero-order valence-electron chi connectivity index (χ0n) is 21.8. The fraction of sp³-hybridized carbons (Fsp3) is 0.655. The van der Waals surface area contributed by atoms with E-state index in [1.807, 2.05) is 6.07 Å². The van der Waals surface area contributed by atoms with E-state index in [0.717, 1.165) is 18.4 Å². The summed E-state index contributed by atoms with van der Waals surface area (Å²) < 4.78 is 10.6. The van der Waals surface area contributed by atoms with Crippen LogP contribution >= 0.6 is 0 Å². The predicted octanol–water partition coefficient (Wildman–Crippen LogP) is 7.66. The third kappa shape index (κ3) is 14.8. The molecule has 5 nitrogen and oxygen atoms in total. The van der Waals surface area contributed by atoms with Crippen molar-refractivity contribution in [3.05, 3.63) is 35.9 Å². The van der Waals surface area contributed by atoms with Crippen molar-refractivity contribution in [2.45, 2.75) is 117 Å². The van der Waals surface area contributed by atoms with Crippen LogP contribution < -0.4 is 14.8 Å². The molecule has 1 aromatic rings. The molecule has 0 aromatic heterocycles. The van der Waals surface area contributed by atoms with E-state index in [1.165, 1.54) is 77.7 Å². The lowest BCUT2D eigenvalue weighted by Gasteiger charge is -2.11. The number of allylic oxidation sites excluding steroid dienone is 2. The monoisotopic (exact) mass is 473 g/mol. The lowest BCUT2D eigenvalue weighted by molar-refractivity contribution is -0.134. The summed E-state index contributed by atoms with van der Waals surface area (Å²) in [6.07, 6.45) is 21.8. The first kappa shape index (κ1) is 29.7. The third-order valence-electron chi connectivity index (χ3n) is 5.90. The van der Waals surface area contributed by atoms with E-state index in [0.29, 0.717) is 30.9 Å². The van der Waals surface area contributed by atoms with Gasteiger partial charge in [-0.05, 0) is 49.8 Å². The van der Waals surface area contributed by atoms with Gasteiger partial charge in [-0.15, -0.1) is 0 Å². The lowest BCUT2D eigenvalue weighted by Crippen LogP contribution is -2.22. The fourth-order valence-corrected chi connectivity index (χ4v) is 3.75. The Balaban J connectivity index is 2.05. The van der Waals surface area contributed by atoms with Crippen molar-refractivity contribution in [1.29, 1.82) is 0 Å². The number of carbonyl (C=O) groups excluding carboxylic acids is 2. The zero-order chi connectivity index (χ0) is 24.9. The summed E-state index contributed by atoms with van der Waals surface area (Å²) in [7, 11) is 1.54. The molecule has 1 rings (SSSR count). The smallest absolute Gasteiger partial charge is 0.311 e. The topological polar surface area (TPSA) is 64.6 Å². The molecule has 0 aliphatic heterocycles. The number of unbranched alkanes of at least 4 members (excludes halogenated alkanes) is 11. The van der Waals surface area contributed by atoms with Crippen LogP contribution in [-0.2, 0) is 16.1 Å². The molecule has 1 aromatic carbocycles. The molecular weight excluding hydrogens is 426 g/mol. The van der Waals surface area contributed by atoms with E-state index < -0.39 is 0 Å². The van der Waals surface area contributed by atoms with E-state index >= 15 is 0 Å². The number of ether oxygens (including phenoxy) is 2. The van der Waals surface area contributed by atoms with E-state index in [1.54, 1.807) is 19.1 Å². The summed E-state index contributed by atoms with van der Waals surface area (Å²) in [6.45, 7) is 4.43. The molecule has 0 bridgehead atoms. The normalized spacial score (nSPS) is 11.0. The van der Waals surface area contributed by atoms with Crippen LogP contribution in [0.4, 0.5) is 0 Å². The van der Waals surface area contributed by atoms with Crippen LogP contribution in [0.2, 0.25) is 0 Å². The predicted molar refractivity (Wildman–Crippen MR) is 140 cm³/mol. The van der Waals surface area contributed by atoms with E-state index in [2.05, 4.69) is 24.4 Å². The number of hydrogen-bond donors (Lipinski definition) is 1. The van der Waals surface area contributed by atoms with Crippen molar-refractivity contribution in [2.24, 2.45) is 0 Å². The van der Waals surface area contributed by atoms with Crippen LogP contribution in [0.5, 0.6) is 11.5 Å². The van der Waals surface area contributed by atoms with Crippen LogP contribution in [-0.4, -0.2) is 19.0 Å². The molecule has 0 heterocycles. The van der Waals surface area contributed by atoms with E-state index in [4.69, 9.17) is 9.47 Å². The van der Waals surface area contributed by atoms with Gasteiger partial charge in [-0.1, -0.05) is 83.4 Å². The largest absolute Gasteiger partial charge is 0.493 e. The molecule has 0 unspecified atom stereocenters. The number of rotatable bonds is 20. The molecule has 1 amide bonds. The Morgan fingerprint density at radius 2 is 1.44 bits per heavy atom. The fourth-order valence-electron chi connectivity index (χ4n) is 3.75. The van der Waals surface area contributed by atoms with Gasteiger partial charge < -0.3 is 14.8 Å². The third-order valence-corrected chi connectivity index (χ3v) is 5.90. The minimum Gasteiger partial charge on any atom is -0.493 e. The van der Waals surface area contributed by atoms with Crippen molar-refractivity contribution in [1.82, 2.24) is 5.32 Å². The van der Waals surface area contributed by atoms with E-state index in [9.17, 15) is 9.59 Å². The van der Waals surface area contributed by atoms with Gasteiger partial charge in [0.25, 0.3) is 0 Å². The first-order chi connectivity index (χ1) is 16.6. The Morgan fingerprint density at radius 3 is 2.06 bits per heavy atom. The van der Waals surface area contributed by atoms with Gasteiger partial charge in [-0.2, -0.15) is 0 Å². The summed E-state index contributed by atoms with van der Waals surface area (Å²) in [5, 5.41) is 2.96. The Hall–Kier alpha value is -2.30. The number of methoxy groups -OCH3 is 1. The molecule has 0 aliphatic carbocycles. The van der Waals surface area contributed by atoms with Crippen LogP contribution in [0.1, 0.15) is 116 Å². The van der Waals surface area contributed by atoms with Gasteiger partial charge in [0.1, 0.15) is 0 Å². The van der Waals surface area contributed by atoms with Crippen molar-refractivity contribution in [2.75, 3.05) is 7.11 Å². The maximum Gasteiger partial charge on any atom is 0.311 e. The maximum atomic E-state index is 12.1. The maximum absolute atomic E-state index is 12.1. The molecule has 34 heavy (non-hydrogen) atoms. The molecule has 0 radical (unpaired) electrons.